The number of carbonyl (C=O) groups excluding carboxylic acids is 2. The molecule has 1 N–H and O–H groups in total. The molecule has 194 valence electrons. The van der Waals surface area contributed by atoms with E-state index in [9.17, 15) is 14.4 Å². The van der Waals surface area contributed by atoms with Gasteiger partial charge in [0, 0.05) is 49.8 Å². The second-order valence-electron chi connectivity index (χ2n) is 10.1. The number of amides is 2. The molecule has 0 unspecified atom stereocenters. The first-order valence-electron chi connectivity index (χ1n) is 12.9. The number of hydrogen-bond donors (Lipinski definition) is 1. The number of piperidine rings is 1. The molecule has 6 rings (SSSR count). The van der Waals surface area contributed by atoms with Gasteiger partial charge in [-0.05, 0) is 47.7 Å². The number of benzene rings is 2. The summed E-state index contributed by atoms with van der Waals surface area (Å²) in [5.74, 6) is 1.21. The Morgan fingerprint density at radius 1 is 0.974 bits per heavy atom. The summed E-state index contributed by atoms with van der Waals surface area (Å²) in [4.78, 5) is 41.1. The first-order chi connectivity index (χ1) is 18.5. The lowest BCUT2D eigenvalue weighted by atomic mass is 9.83. The highest BCUT2D eigenvalue weighted by Gasteiger charge is 2.38. The Hall–Kier alpha value is -4.33. The minimum Gasteiger partial charge on any atom is -0.454 e. The van der Waals surface area contributed by atoms with Crippen LogP contribution in [0.5, 0.6) is 11.5 Å². The van der Waals surface area contributed by atoms with Crippen molar-refractivity contribution in [2.24, 2.45) is 5.92 Å². The van der Waals surface area contributed by atoms with Gasteiger partial charge in [0.2, 0.25) is 18.6 Å². The van der Waals surface area contributed by atoms with E-state index in [4.69, 9.17) is 9.47 Å². The van der Waals surface area contributed by atoms with Gasteiger partial charge < -0.3 is 24.3 Å². The molecule has 0 aliphatic carbocycles. The molecule has 2 aromatic carbocycles. The average molecular weight is 512 g/mol. The van der Waals surface area contributed by atoms with Crippen molar-refractivity contribution in [1.82, 2.24) is 14.8 Å². The largest absolute Gasteiger partial charge is 0.454 e. The van der Waals surface area contributed by atoms with Crippen molar-refractivity contribution in [3.05, 3.63) is 100.0 Å². The van der Waals surface area contributed by atoms with Gasteiger partial charge in [0.25, 0.3) is 5.56 Å². The van der Waals surface area contributed by atoms with Crippen LogP contribution in [0.4, 0.5) is 0 Å². The van der Waals surface area contributed by atoms with Gasteiger partial charge in [-0.1, -0.05) is 42.5 Å². The molecule has 0 saturated carbocycles. The summed E-state index contributed by atoms with van der Waals surface area (Å²) >= 11 is 0. The lowest BCUT2D eigenvalue weighted by Crippen LogP contribution is -2.55. The number of ether oxygens (including phenoxy) is 2. The second-order valence-corrected chi connectivity index (χ2v) is 10.1. The first-order valence-corrected chi connectivity index (χ1v) is 12.9. The quantitative estimate of drug-likeness (QED) is 0.514. The van der Waals surface area contributed by atoms with Crippen molar-refractivity contribution in [1.29, 1.82) is 0 Å². The van der Waals surface area contributed by atoms with E-state index < -0.39 is 6.04 Å². The molecule has 3 aromatic rings. The number of likely N-dealkylation sites (tertiary alicyclic amines) is 1. The van der Waals surface area contributed by atoms with Crippen molar-refractivity contribution in [2.45, 2.75) is 31.3 Å². The van der Waals surface area contributed by atoms with Crippen LogP contribution in [0.3, 0.4) is 0 Å². The van der Waals surface area contributed by atoms with Crippen LogP contribution in [0.1, 0.15) is 29.2 Å². The second kappa shape index (κ2) is 10.2. The lowest BCUT2D eigenvalue weighted by molar-refractivity contribution is -0.138. The van der Waals surface area contributed by atoms with Crippen LogP contribution in [0.25, 0.3) is 6.08 Å². The highest BCUT2D eigenvalue weighted by molar-refractivity contribution is 5.95. The van der Waals surface area contributed by atoms with Crippen molar-refractivity contribution in [3.8, 4) is 11.5 Å². The summed E-state index contributed by atoms with van der Waals surface area (Å²) in [6.07, 6.45) is 4.49. The predicted molar refractivity (Wildman–Crippen MR) is 142 cm³/mol. The van der Waals surface area contributed by atoms with Gasteiger partial charge in [-0.3, -0.25) is 14.4 Å². The summed E-state index contributed by atoms with van der Waals surface area (Å²) in [6, 6.07) is 19.8. The fraction of sp³-hybridized carbons (Fsp3) is 0.300. The molecule has 3 aliphatic rings. The Morgan fingerprint density at radius 2 is 1.82 bits per heavy atom. The molecule has 4 heterocycles. The monoisotopic (exact) mass is 511 g/mol. The molecule has 1 saturated heterocycles. The number of fused-ring (bicyclic) bond motifs is 5. The maximum absolute atomic E-state index is 13.8. The van der Waals surface area contributed by atoms with E-state index in [2.05, 4.69) is 5.32 Å². The van der Waals surface area contributed by atoms with Crippen molar-refractivity contribution in [2.75, 3.05) is 19.9 Å². The Balaban J connectivity index is 1.19. The van der Waals surface area contributed by atoms with E-state index in [0.29, 0.717) is 37.6 Å². The van der Waals surface area contributed by atoms with Gasteiger partial charge in [0.15, 0.2) is 11.5 Å². The van der Waals surface area contributed by atoms with Crippen LogP contribution in [0, 0.1) is 5.92 Å². The number of nitrogens with one attached hydrogen (secondary N) is 1. The van der Waals surface area contributed by atoms with Gasteiger partial charge >= 0.3 is 0 Å². The van der Waals surface area contributed by atoms with Crippen molar-refractivity contribution >= 4 is 17.9 Å². The summed E-state index contributed by atoms with van der Waals surface area (Å²) < 4.78 is 12.6. The lowest BCUT2D eigenvalue weighted by Gasteiger charge is -2.43. The zero-order valence-corrected chi connectivity index (χ0v) is 20.9. The molecule has 8 nitrogen and oxygen atoms in total. The molecule has 8 heteroatoms. The topological polar surface area (TPSA) is 89.9 Å². The number of hydrogen-bond acceptors (Lipinski definition) is 5. The van der Waals surface area contributed by atoms with Crippen molar-refractivity contribution in [3.63, 3.8) is 0 Å². The number of rotatable bonds is 6. The summed E-state index contributed by atoms with van der Waals surface area (Å²) in [5.41, 5.74) is 2.77. The molecule has 0 spiro atoms. The summed E-state index contributed by atoms with van der Waals surface area (Å²) in [5, 5.41) is 2.95. The van der Waals surface area contributed by atoms with E-state index in [1.165, 1.54) is 6.08 Å². The summed E-state index contributed by atoms with van der Waals surface area (Å²) in [6.45, 7) is 1.91. The number of aromatic nitrogens is 1. The minimum atomic E-state index is -0.705. The van der Waals surface area contributed by atoms with Crippen LogP contribution >= 0.6 is 0 Å². The van der Waals surface area contributed by atoms with E-state index in [1.807, 2.05) is 58.0 Å². The summed E-state index contributed by atoms with van der Waals surface area (Å²) in [7, 11) is 0. The van der Waals surface area contributed by atoms with Gasteiger partial charge in [-0.2, -0.15) is 0 Å². The maximum atomic E-state index is 13.8. The Bertz CT molecular complexity index is 1450. The maximum Gasteiger partial charge on any atom is 0.250 e. The van der Waals surface area contributed by atoms with Crippen molar-refractivity contribution < 1.29 is 19.1 Å². The molecular formula is C30H29N3O5. The normalized spacial score (nSPS) is 20.2. The third kappa shape index (κ3) is 4.94. The van der Waals surface area contributed by atoms with E-state index in [1.54, 1.807) is 24.3 Å². The highest BCUT2D eigenvalue weighted by Crippen LogP contribution is 2.35. The Labute approximate surface area is 220 Å². The first kappa shape index (κ1) is 24.0. The van der Waals surface area contributed by atoms with E-state index in [0.717, 1.165) is 23.2 Å². The highest BCUT2D eigenvalue weighted by atomic mass is 16.7. The standard InChI is InChI=1S/C30H29N3O5/c34-28(12-10-21-9-11-26-27(15-21)38-19-37-26)31-24(14-20-5-2-1-3-6-20)30(36)32-16-22-13-23(18-32)25-7-4-8-29(35)33(25)17-22/h1-12,15,22-24H,13-14,16-19H2,(H,31,34)/b12-10+/t22-,23+,24+/m1/s1. The fourth-order valence-corrected chi connectivity index (χ4v) is 5.76. The fourth-order valence-electron chi connectivity index (χ4n) is 5.76. The number of nitrogens with zero attached hydrogens (tertiary/aromatic N) is 2. The number of pyridine rings is 1. The Morgan fingerprint density at radius 3 is 2.68 bits per heavy atom. The van der Waals surface area contributed by atoms with Gasteiger partial charge in [0.05, 0.1) is 0 Å². The van der Waals surface area contributed by atoms with Crippen LogP contribution in [0.15, 0.2) is 77.6 Å². The van der Waals surface area contributed by atoms with Crippen LogP contribution < -0.4 is 20.3 Å². The predicted octanol–water partition coefficient (Wildman–Crippen LogP) is 2.96. The zero-order valence-electron chi connectivity index (χ0n) is 20.9. The molecule has 0 radical (unpaired) electrons. The van der Waals surface area contributed by atoms with Gasteiger partial charge in [0.1, 0.15) is 6.04 Å². The molecule has 2 amide bonds. The molecule has 1 aromatic heterocycles. The molecule has 1 fully saturated rings. The zero-order chi connectivity index (χ0) is 26.1. The molecule has 3 atom stereocenters. The smallest absolute Gasteiger partial charge is 0.250 e. The molecule has 3 aliphatic heterocycles. The third-order valence-electron chi connectivity index (χ3n) is 7.51. The van der Waals surface area contributed by atoms with Gasteiger partial charge in [-0.15, -0.1) is 0 Å². The number of carbonyl (C=O) groups is 2. The van der Waals surface area contributed by atoms with E-state index >= 15 is 0 Å². The molecular weight excluding hydrogens is 482 g/mol. The van der Waals surface area contributed by atoms with Gasteiger partial charge in [-0.25, -0.2) is 0 Å². The van der Waals surface area contributed by atoms with E-state index in [-0.39, 0.29) is 36.0 Å². The van der Waals surface area contributed by atoms with Crippen LogP contribution in [-0.4, -0.2) is 47.2 Å². The Kier molecular flexibility index (Phi) is 6.45. The van der Waals surface area contributed by atoms with Crippen LogP contribution in [0.2, 0.25) is 0 Å². The average Bonchev–Trinajstić information content (AvgIpc) is 3.40. The third-order valence-corrected chi connectivity index (χ3v) is 7.51. The molecule has 2 bridgehead atoms. The SMILES string of the molecule is O=C(/C=C/c1ccc2c(c1)OCO2)N[C@@H](Cc1ccccc1)C(=O)N1C[C@H]2C[C@@H](C1)c1cccc(=O)n1C2. The minimum absolute atomic E-state index is 0.0143. The van der Waals surface area contributed by atoms with Crippen LogP contribution in [-0.2, 0) is 22.6 Å². The molecule has 38 heavy (non-hydrogen) atoms.